The zero-order chi connectivity index (χ0) is 17.9. The number of hydrogen-bond acceptors (Lipinski definition) is 2. The Hall–Kier alpha value is -0.810. The number of ether oxygens (including phenoxy) is 1. The van der Waals surface area contributed by atoms with Crippen LogP contribution in [-0.2, 0) is 4.74 Å². The summed E-state index contributed by atoms with van der Waals surface area (Å²) in [5.41, 5.74) is 1.43. The standard InChI is InChI=1S/C22H41NO/c1-21(2)15-14-16-22(3)17-20-24-19-13-11-9-7-5-4-6-8-10-12-18-23/h15,22H,4-14,16-17,19-20H2,1-3H3. The van der Waals surface area contributed by atoms with Crippen LogP contribution in [0.2, 0.25) is 0 Å². The summed E-state index contributed by atoms with van der Waals surface area (Å²) in [4.78, 5) is 0. The molecule has 0 aromatic carbocycles. The second-order valence-corrected chi connectivity index (χ2v) is 7.46. The third kappa shape index (κ3) is 19.2. The third-order valence-electron chi connectivity index (χ3n) is 4.54. The summed E-state index contributed by atoms with van der Waals surface area (Å²) in [7, 11) is 0. The van der Waals surface area contributed by atoms with Crippen LogP contribution in [0.5, 0.6) is 0 Å². The summed E-state index contributed by atoms with van der Waals surface area (Å²) in [6.45, 7) is 8.55. The maximum atomic E-state index is 8.46. The summed E-state index contributed by atoms with van der Waals surface area (Å²) in [5.74, 6) is 0.772. The average molecular weight is 336 g/mol. The summed E-state index contributed by atoms with van der Waals surface area (Å²) >= 11 is 0. The van der Waals surface area contributed by atoms with E-state index in [9.17, 15) is 0 Å². The van der Waals surface area contributed by atoms with Crippen molar-refractivity contribution in [2.75, 3.05) is 13.2 Å². The van der Waals surface area contributed by atoms with Crippen molar-refractivity contribution < 1.29 is 4.74 Å². The van der Waals surface area contributed by atoms with Gasteiger partial charge in [-0.15, -0.1) is 0 Å². The van der Waals surface area contributed by atoms with Gasteiger partial charge >= 0.3 is 0 Å². The Morgan fingerprint density at radius 3 is 2.04 bits per heavy atom. The van der Waals surface area contributed by atoms with Crippen LogP contribution in [0, 0.1) is 17.2 Å². The van der Waals surface area contributed by atoms with Gasteiger partial charge in [-0.1, -0.05) is 63.5 Å². The van der Waals surface area contributed by atoms with Crippen molar-refractivity contribution in [2.45, 2.75) is 104 Å². The zero-order valence-electron chi connectivity index (χ0n) is 16.6. The van der Waals surface area contributed by atoms with Gasteiger partial charge in [0, 0.05) is 19.6 Å². The Bertz CT molecular complexity index is 325. The molecule has 0 saturated carbocycles. The molecule has 0 aliphatic rings. The zero-order valence-corrected chi connectivity index (χ0v) is 16.6. The summed E-state index contributed by atoms with van der Waals surface area (Å²) in [6, 6.07) is 2.21. The molecule has 1 unspecified atom stereocenters. The summed E-state index contributed by atoms with van der Waals surface area (Å²) in [6.07, 6.45) is 18.3. The van der Waals surface area contributed by atoms with Crippen LogP contribution in [0.25, 0.3) is 0 Å². The van der Waals surface area contributed by atoms with Crippen LogP contribution >= 0.6 is 0 Å². The Morgan fingerprint density at radius 1 is 0.875 bits per heavy atom. The van der Waals surface area contributed by atoms with E-state index >= 15 is 0 Å². The van der Waals surface area contributed by atoms with E-state index in [2.05, 4.69) is 32.9 Å². The predicted molar refractivity (Wildman–Crippen MR) is 105 cm³/mol. The molecule has 0 rings (SSSR count). The van der Waals surface area contributed by atoms with Crippen molar-refractivity contribution in [1.29, 1.82) is 5.26 Å². The number of nitrogens with zero attached hydrogens (tertiary/aromatic N) is 1. The van der Waals surface area contributed by atoms with Gasteiger partial charge in [0.15, 0.2) is 0 Å². The number of unbranched alkanes of at least 4 members (excludes halogenated alkanes) is 9. The molecule has 0 aromatic heterocycles. The van der Waals surface area contributed by atoms with Gasteiger partial charge < -0.3 is 4.74 Å². The van der Waals surface area contributed by atoms with Crippen LogP contribution in [0.3, 0.4) is 0 Å². The number of hydrogen-bond donors (Lipinski definition) is 0. The fraction of sp³-hybridized carbons (Fsp3) is 0.864. The van der Waals surface area contributed by atoms with E-state index in [0.29, 0.717) is 0 Å². The molecular weight excluding hydrogens is 294 g/mol. The van der Waals surface area contributed by atoms with Crippen molar-refractivity contribution in [1.82, 2.24) is 0 Å². The first-order valence-corrected chi connectivity index (χ1v) is 10.2. The monoisotopic (exact) mass is 335 g/mol. The molecule has 0 heterocycles. The molecule has 2 nitrogen and oxygen atoms in total. The second-order valence-electron chi connectivity index (χ2n) is 7.46. The first kappa shape index (κ1) is 23.2. The highest BCUT2D eigenvalue weighted by molar-refractivity contribution is 4.92. The van der Waals surface area contributed by atoms with Crippen molar-refractivity contribution in [2.24, 2.45) is 5.92 Å². The van der Waals surface area contributed by atoms with Gasteiger partial charge in [-0.3, -0.25) is 0 Å². The molecule has 0 amide bonds. The first-order chi connectivity index (χ1) is 11.7. The highest BCUT2D eigenvalue weighted by atomic mass is 16.5. The van der Waals surface area contributed by atoms with E-state index in [4.69, 9.17) is 10.00 Å². The van der Waals surface area contributed by atoms with E-state index in [1.54, 1.807) is 0 Å². The molecule has 24 heavy (non-hydrogen) atoms. The molecule has 0 saturated heterocycles. The minimum Gasteiger partial charge on any atom is -0.381 e. The number of nitriles is 1. The minimum atomic E-state index is 0.730. The molecule has 0 N–H and O–H groups in total. The minimum absolute atomic E-state index is 0.730. The van der Waals surface area contributed by atoms with Crippen molar-refractivity contribution in [3.05, 3.63) is 11.6 Å². The van der Waals surface area contributed by atoms with Gasteiger partial charge in [-0.2, -0.15) is 5.26 Å². The first-order valence-electron chi connectivity index (χ1n) is 10.2. The van der Waals surface area contributed by atoms with E-state index in [-0.39, 0.29) is 0 Å². The summed E-state index contributed by atoms with van der Waals surface area (Å²) in [5, 5.41) is 8.46. The molecule has 0 bridgehead atoms. The lowest BCUT2D eigenvalue weighted by Crippen LogP contribution is -2.03. The van der Waals surface area contributed by atoms with Crippen molar-refractivity contribution in [3.8, 4) is 6.07 Å². The molecule has 0 aromatic rings. The Kier molecular flexibility index (Phi) is 17.9. The van der Waals surface area contributed by atoms with Crippen LogP contribution in [0.15, 0.2) is 11.6 Å². The quantitative estimate of drug-likeness (QED) is 0.208. The molecule has 0 radical (unpaired) electrons. The highest BCUT2D eigenvalue weighted by Gasteiger charge is 2.01. The van der Waals surface area contributed by atoms with Gasteiger partial charge in [0.2, 0.25) is 0 Å². The maximum Gasteiger partial charge on any atom is 0.0621 e. The number of allylic oxidation sites excluding steroid dienone is 2. The SMILES string of the molecule is CC(C)=CCCC(C)CCOCCCCCCCCCCCC#N. The number of rotatable bonds is 17. The molecular formula is C22H41NO. The molecule has 0 aliphatic heterocycles. The second kappa shape index (κ2) is 18.5. The van der Waals surface area contributed by atoms with Gasteiger partial charge in [-0.25, -0.2) is 0 Å². The van der Waals surface area contributed by atoms with Crippen molar-refractivity contribution >= 4 is 0 Å². The predicted octanol–water partition coefficient (Wildman–Crippen LogP) is 7.20. The molecule has 140 valence electrons. The molecule has 0 fully saturated rings. The van der Waals surface area contributed by atoms with E-state index in [0.717, 1.165) is 32.0 Å². The van der Waals surface area contributed by atoms with Crippen LogP contribution in [0.1, 0.15) is 104 Å². The van der Waals surface area contributed by atoms with Gasteiger partial charge in [0.25, 0.3) is 0 Å². The topological polar surface area (TPSA) is 33.0 Å². The Labute approximate surface area is 151 Å². The fourth-order valence-corrected chi connectivity index (χ4v) is 2.83. The average Bonchev–Trinajstić information content (AvgIpc) is 2.55. The molecule has 2 heteroatoms. The van der Waals surface area contributed by atoms with E-state index in [1.165, 1.54) is 76.2 Å². The van der Waals surface area contributed by atoms with E-state index in [1.807, 2.05) is 0 Å². The third-order valence-corrected chi connectivity index (χ3v) is 4.54. The molecule has 1 atom stereocenters. The van der Waals surface area contributed by atoms with Gasteiger partial charge in [0.1, 0.15) is 0 Å². The van der Waals surface area contributed by atoms with Gasteiger partial charge in [0.05, 0.1) is 6.07 Å². The van der Waals surface area contributed by atoms with Crippen LogP contribution in [0.4, 0.5) is 0 Å². The fourth-order valence-electron chi connectivity index (χ4n) is 2.83. The lowest BCUT2D eigenvalue weighted by Gasteiger charge is -2.10. The normalized spacial score (nSPS) is 11.9. The molecule has 0 spiro atoms. The maximum absolute atomic E-state index is 8.46. The van der Waals surface area contributed by atoms with E-state index < -0.39 is 0 Å². The van der Waals surface area contributed by atoms with Gasteiger partial charge in [-0.05, 0) is 51.9 Å². The highest BCUT2D eigenvalue weighted by Crippen LogP contribution is 2.13. The van der Waals surface area contributed by atoms with Crippen molar-refractivity contribution in [3.63, 3.8) is 0 Å². The van der Waals surface area contributed by atoms with Crippen LogP contribution < -0.4 is 0 Å². The Balaban J connectivity index is 3.15. The largest absolute Gasteiger partial charge is 0.381 e. The lowest BCUT2D eigenvalue weighted by molar-refractivity contribution is 0.117. The van der Waals surface area contributed by atoms with Crippen LogP contribution in [-0.4, -0.2) is 13.2 Å². The lowest BCUT2D eigenvalue weighted by atomic mass is 10.0. The summed E-state index contributed by atoms with van der Waals surface area (Å²) < 4.78 is 5.77. The smallest absolute Gasteiger partial charge is 0.0621 e. The molecule has 0 aliphatic carbocycles. The Morgan fingerprint density at radius 2 is 1.46 bits per heavy atom.